The van der Waals surface area contributed by atoms with Gasteiger partial charge in [-0.1, -0.05) is 30.3 Å². The summed E-state index contributed by atoms with van der Waals surface area (Å²) >= 11 is 5.14. The van der Waals surface area contributed by atoms with E-state index in [9.17, 15) is 14.4 Å². The van der Waals surface area contributed by atoms with Crippen molar-refractivity contribution in [1.82, 2.24) is 5.32 Å². The van der Waals surface area contributed by atoms with Crippen LogP contribution in [0.25, 0.3) is 6.08 Å². The van der Waals surface area contributed by atoms with E-state index in [1.807, 2.05) is 6.07 Å². The van der Waals surface area contributed by atoms with Gasteiger partial charge >= 0.3 is 5.97 Å². The molecule has 1 aliphatic heterocycles. The number of ether oxygens (including phenoxy) is 1. The Morgan fingerprint density at radius 1 is 1.14 bits per heavy atom. The van der Waals surface area contributed by atoms with E-state index in [1.165, 1.54) is 17.9 Å². The summed E-state index contributed by atoms with van der Waals surface area (Å²) in [6.07, 6.45) is 0.454. The molecule has 8 heteroatoms. The summed E-state index contributed by atoms with van der Waals surface area (Å²) in [5.74, 6) is -1.82. The van der Waals surface area contributed by atoms with Crippen LogP contribution in [-0.2, 0) is 14.4 Å². The SMILES string of the molecule is C[C@H](Oc1ccc(/C=C2\C(=O)NC(=S)N(c3ccccc3)C2=O)cc1)C(=O)O. The molecule has 1 atom stereocenters. The molecule has 2 N–H and O–H groups in total. The fraction of sp³-hybridized carbons (Fsp3) is 0.100. The van der Waals surface area contributed by atoms with E-state index in [4.69, 9.17) is 22.1 Å². The second kappa shape index (κ2) is 8.01. The largest absolute Gasteiger partial charge is 0.479 e. The summed E-state index contributed by atoms with van der Waals surface area (Å²) in [6, 6.07) is 15.2. The molecule has 0 aliphatic carbocycles. The Morgan fingerprint density at radius 2 is 1.79 bits per heavy atom. The summed E-state index contributed by atoms with van der Waals surface area (Å²) in [5.41, 5.74) is 1.06. The van der Waals surface area contributed by atoms with Crippen LogP contribution >= 0.6 is 12.2 Å². The van der Waals surface area contributed by atoms with Crippen molar-refractivity contribution in [2.75, 3.05) is 4.90 Å². The van der Waals surface area contributed by atoms with Crippen molar-refractivity contribution in [2.45, 2.75) is 13.0 Å². The Hall–Kier alpha value is -3.52. The second-order valence-electron chi connectivity index (χ2n) is 5.96. The number of carbonyl (C=O) groups excluding carboxylic acids is 2. The lowest BCUT2D eigenvalue weighted by atomic mass is 10.1. The number of thiocarbonyl (C=S) groups is 1. The molecular weight excluding hydrogens is 380 g/mol. The zero-order valence-corrected chi connectivity index (χ0v) is 15.6. The molecule has 0 spiro atoms. The number of carbonyl (C=O) groups is 3. The molecule has 1 aliphatic rings. The Bertz CT molecular complexity index is 970. The summed E-state index contributed by atoms with van der Waals surface area (Å²) in [5, 5.41) is 11.4. The van der Waals surface area contributed by atoms with Crippen molar-refractivity contribution in [3.63, 3.8) is 0 Å². The van der Waals surface area contributed by atoms with Gasteiger partial charge in [-0.2, -0.15) is 0 Å². The van der Waals surface area contributed by atoms with Crippen LogP contribution in [0.2, 0.25) is 0 Å². The molecule has 0 unspecified atom stereocenters. The second-order valence-corrected chi connectivity index (χ2v) is 6.35. The number of nitrogens with one attached hydrogen (secondary N) is 1. The average molecular weight is 396 g/mol. The van der Waals surface area contributed by atoms with Crippen LogP contribution in [0.3, 0.4) is 0 Å². The Kier molecular flexibility index (Phi) is 5.51. The first-order valence-corrected chi connectivity index (χ1v) is 8.73. The van der Waals surface area contributed by atoms with E-state index in [0.717, 1.165) is 0 Å². The van der Waals surface area contributed by atoms with Crippen LogP contribution in [0.1, 0.15) is 12.5 Å². The smallest absolute Gasteiger partial charge is 0.344 e. The highest BCUT2D eigenvalue weighted by Gasteiger charge is 2.34. The predicted molar refractivity (Wildman–Crippen MR) is 107 cm³/mol. The van der Waals surface area contributed by atoms with Crippen LogP contribution in [0.15, 0.2) is 60.2 Å². The molecule has 2 amide bonds. The fourth-order valence-corrected chi connectivity index (χ4v) is 2.81. The van der Waals surface area contributed by atoms with Crippen LogP contribution in [0.5, 0.6) is 5.75 Å². The van der Waals surface area contributed by atoms with Crippen LogP contribution in [-0.4, -0.2) is 34.1 Å². The number of aliphatic carboxylic acids is 1. The summed E-state index contributed by atoms with van der Waals surface area (Å²) in [4.78, 5) is 37.2. The fourth-order valence-electron chi connectivity index (χ4n) is 2.53. The highest BCUT2D eigenvalue weighted by molar-refractivity contribution is 7.80. The first kappa shape index (κ1) is 19.2. The highest BCUT2D eigenvalue weighted by Crippen LogP contribution is 2.22. The third-order valence-electron chi connectivity index (χ3n) is 3.97. The zero-order valence-electron chi connectivity index (χ0n) is 14.8. The quantitative estimate of drug-likeness (QED) is 0.458. The van der Waals surface area contributed by atoms with Gasteiger partial charge < -0.3 is 9.84 Å². The summed E-state index contributed by atoms with van der Waals surface area (Å²) < 4.78 is 5.26. The maximum atomic E-state index is 12.9. The lowest BCUT2D eigenvalue weighted by molar-refractivity contribution is -0.144. The lowest BCUT2D eigenvalue weighted by Gasteiger charge is -2.28. The van der Waals surface area contributed by atoms with E-state index < -0.39 is 23.9 Å². The molecule has 1 heterocycles. The molecule has 1 fully saturated rings. The molecule has 142 valence electrons. The van der Waals surface area contributed by atoms with Gasteiger partial charge in [0.15, 0.2) is 11.2 Å². The van der Waals surface area contributed by atoms with Gasteiger partial charge in [-0.05, 0) is 55.0 Å². The van der Waals surface area contributed by atoms with Gasteiger partial charge in [0.1, 0.15) is 11.3 Å². The average Bonchev–Trinajstić information content (AvgIpc) is 2.67. The van der Waals surface area contributed by atoms with Crippen molar-refractivity contribution in [3.05, 3.63) is 65.7 Å². The number of amides is 2. The number of anilines is 1. The van der Waals surface area contributed by atoms with Gasteiger partial charge in [0, 0.05) is 0 Å². The van der Waals surface area contributed by atoms with Gasteiger partial charge in [0.2, 0.25) is 0 Å². The topological polar surface area (TPSA) is 95.9 Å². The van der Waals surface area contributed by atoms with Crippen LogP contribution in [0, 0.1) is 0 Å². The van der Waals surface area contributed by atoms with Gasteiger partial charge in [0.05, 0.1) is 5.69 Å². The first-order valence-electron chi connectivity index (χ1n) is 8.33. The number of para-hydroxylation sites is 1. The molecule has 2 aromatic rings. The number of carboxylic acid groups (broad SMARTS) is 1. The van der Waals surface area contributed by atoms with Crippen molar-refractivity contribution >= 4 is 46.9 Å². The van der Waals surface area contributed by atoms with Gasteiger partial charge in [-0.25, -0.2) is 4.79 Å². The summed E-state index contributed by atoms with van der Waals surface area (Å²) in [6.45, 7) is 1.42. The molecular formula is C20H16N2O5S. The van der Waals surface area contributed by atoms with Gasteiger partial charge in [-0.3, -0.25) is 19.8 Å². The number of carboxylic acids is 1. The molecule has 7 nitrogen and oxygen atoms in total. The maximum absolute atomic E-state index is 12.9. The molecule has 3 rings (SSSR count). The van der Waals surface area contributed by atoms with E-state index in [-0.39, 0.29) is 10.7 Å². The van der Waals surface area contributed by atoms with Gasteiger partial charge in [0.25, 0.3) is 11.8 Å². The number of benzene rings is 2. The van der Waals surface area contributed by atoms with Crippen molar-refractivity contribution in [2.24, 2.45) is 0 Å². The number of hydrogen-bond acceptors (Lipinski definition) is 5. The molecule has 0 saturated carbocycles. The van der Waals surface area contributed by atoms with Gasteiger partial charge in [-0.15, -0.1) is 0 Å². The van der Waals surface area contributed by atoms with E-state index >= 15 is 0 Å². The van der Waals surface area contributed by atoms with E-state index in [0.29, 0.717) is 17.0 Å². The van der Waals surface area contributed by atoms with Crippen molar-refractivity contribution < 1.29 is 24.2 Å². The monoisotopic (exact) mass is 396 g/mol. The standard InChI is InChI=1S/C20H16N2O5S/c1-12(19(25)26)27-15-9-7-13(8-10-15)11-16-17(23)21-20(28)22(18(16)24)14-5-3-2-4-6-14/h2-12H,1H3,(H,25,26)(H,21,23,28)/b16-11+/t12-/m0/s1. The van der Waals surface area contributed by atoms with Crippen molar-refractivity contribution in [1.29, 1.82) is 0 Å². The predicted octanol–water partition coefficient (Wildman–Crippen LogP) is 2.37. The van der Waals surface area contributed by atoms with Crippen molar-refractivity contribution in [3.8, 4) is 5.75 Å². The highest BCUT2D eigenvalue weighted by atomic mass is 32.1. The Balaban J connectivity index is 1.86. The molecule has 0 bridgehead atoms. The molecule has 28 heavy (non-hydrogen) atoms. The molecule has 1 saturated heterocycles. The molecule has 2 aromatic carbocycles. The number of nitrogens with zero attached hydrogens (tertiary/aromatic N) is 1. The normalized spacial score (nSPS) is 16.7. The summed E-state index contributed by atoms with van der Waals surface area (Å²) in [7, 11) is 0. The zero-order chi connectivity index (χ0) is 20.3. The third-order valence-corrected chi connectivity index (χ3v) is 4.25. The third kappa shape index (κ3) is 4.07. The van der Waals surface area contributed by atoms with E-state index in [2.05, 4.69) is 5.32 Å². The van der Waals surface area contributed by atoms with Crippen LogP contribution in [0.4, 0.5) is 5.69 Å². The minimum atomic E-state index is -1.08. The Labute approximate surface area is 166 Å². The lowest BCUT2D eigenvalue weighted by Crippen LogP contribution is -2.54. The van der Waals surface area contributed by atoms with Crippen LogP contribution < -0.4 is 15.0 Å². The minimum Gasteiger partial charge on any atom is -0.479 e. The number of rotatable bonds is 5. The Morgan fingerprint density at radius 3 is 2.39 bits per heavy atom. The van der Waals surface area contributed by atoms with E-state index in [1.54, 1.807) is 48.5 Å². The minimum absolute atomic E-state index is 0.0183. The number of hydrogen-bond donors (Lipinski definition) is 2. The first-order chi connectivity index (χ1) is 13.4. The maximum Gasteiger partial charge on any atom is 0.344 e. The molecule has 0 radical (unpaired) electrons. The molecule has 0 aromatic heterocycles.